The van der Waals surface area contributed by atoms with Gasteiger partial charge in [-0.2, -0.15) is 0 Å². The van der Waals surface area contributed by atoms with Crippen molar-refractivity contribution in [1.82, 2.24) is 0 Å². The molecular weight excluding hydrogens is 388 g/mol. The summed E-state index contributed by atoms with van der Waals surface area (Å²) in [5, 5.41) is 3.15. The average Bonchev–Trinajstić information content (AvgIpc) is 3.00. The number of hydrogen-bond donors (Lipinski definition) is 1. The van der Waals surface area contributed by atoms with Gasteiger partial charge in [0.2, 0.25) is 5.91 Å². The summed E-state index contributed by atoms with van der Waals surface area (Å²) in [5.74, 6) is -0.355. The molecule has 2 aromatic carbocycles. The van der Waals surface area contributed by atoms with Crippen LogP contribution >= 0.6 is 11.6 Å². The smallest absolute Gasteiger partial charge is 0.255 e. The highest BCUT2D eigenvalue weighted by atomic mass is 35.5. The molecule has 142 valence electrons. The third kappa shape index (κ3) is 4.87. The molecule has 0 aliphatic carbocycles. The molecule has 0 radical (unpaired) electrons. The van der Waals surface area contributed by atoms with Gasteiger partial charge in [0.15, 0.2) is 9.84 Å². The van der Waals surface area contributed by atoms with Crippen molar-refractivity contribution in [3.8, 4) is 0 Å². The summed E-state index contributed by atoms with van der Waals surface area (Å²) in [6.07, 6.45) is 2.49. The number of nitrogens with zero attached hydrogens (tertiary/aromatic N) is 1. The van der Waals surface area contributed by atoms with Crippen LogP contribution in [0.2, 0.25) is 5.02 Å². The molecule has 1 aliphatic heterocycles. The normalized spacial score (nSPS) is 14.4. The first-order valence-corrected chi connectivity index (χ1v) is 10.8. The van der Waals surface area contributed by atoms with E-state index >= 15 is 0 Å². The topological polar surface area (TPSA) is 83.6 Å². The molecule has 8 heteroatoms. The fourth-order valence-electron chi connectivity index (χ4n) is 2.96. The van der Waals surface area contributed by atoms with E-state index in [9.17, 15) is 18.0 Å². The number of sulfone groups is 1. The fraction of sp³-hybridized carbons (Fsp3) is 0.263. The van der Waals surface area contributed by atoms with Crippen LogP contribution in [-0.2, 0) is 20.4 Å². The van der Waals surface area contributed by atoms with Gasteiger partial charge >= 0.3 is 0 Å². The largest absolute Gasteiger partial charge is 0.322 e. The molecule has 0 saturated carbocycles. The van der Waals surface area contributed by atoms with Crippen LogP contribution in [0.15, 0.2) is 42.5 Å². The molecule has 0 unspecified atom stereocenters. The summed E-state index contributed by atoms with van der Waals surface area (Å²) in [6.45, 7) is 0.643. The molecule has 2 amide bonds. The van der Waals surface area contributed by atoms with Crippen molar-refractivity contribution < 1.29 is 18.0 Å². The lowest BCUT2D eigenvalue weighted by Crippen LogP contribution is -2.24. The van der Waals surface area contributed by atoms with E-state index in [1.54, 1.807) is 47.4 Å². The molecule has 0 atom stereocenters. The van der Waals surface area contributed by atoms with Gasteiger partial charge < -0.3 is 10.2 Å². The maximum Gasteiger partial charge on any atom is 0.255 e. The highest BCUT2D eigenvalue weighted by Gasteiger charge is 2.23. The van der Waals surface area contributed by atoms with Crippen molar-refractivity contribution in [3.63, 3.8) is 0 Å². The summed E-state index contributed by atoms with van der Waals surface area (Å²) in [6, 6.07) is 11.4. The third-order valence-electron chi connectivity index (χ3n) is 4.21. The number of benzene rings is 2. The summed E-state index contributed by atoms with van der Waals surface area (Å²) in [5.41, 5.74) is 2.18. The van der Waals surface area contributed by atoms with Crippen LogP contribution in [0.4, 0.5) is 11.4 Å². The monoisotopic (exact) mass is 406 g/mol. The predicted molar refractivity (Wildman–Crippen MR) is 106 cm³/mol. The number of carbonyl (C=O) groups is 2. The molecule has 0 aromatic heterocycles. The van der Waals surface area contributed by atoms with Gasteiger partial charge in [0.25, 0.3) is 5.91 Å². The Labute approximate surface area is 163 Å². The second kappa shape index (κ2) is 7.70. The lowest BCUT2D eigenvalue weighted by molar-refractivity contribution is -0.117. The van der Waals surface area contributed by atoms with Crippen molar-refractivity contribution in [2.45, 2.75) is 18.6 Å². The van der Waals surface area contributed by atoms with Gasteiger partial charge in [-0.1, -0.05) is 23.7 Å². The van der Waals surface area contributed by atoms with E-state index < -0.39 is 9.84 Å². The van der Waals surface area contributed by atoms with E-state index in [4.69, 9.17) is 11.6 Å². The zero-order valence-electron chi connectivity index (χ0n) is 14.7. The number of amides is 2. The Balaban J connectivity index is 1.70. The summed E-state index contributed by atoms with van der Waals surface area (Å²) in [4.78, 5) is 25.9. The number of carbonyl (C=O) groups excluding carboxylic acids is 2. The van der Waals surface area contributed by atoms with Crippen LogP contribution in [0.3, 0.4) is 0 Å². The first-order valence-electron chi connectivity index (χ1n) is 8.41. The molecule has 6 nitrogen and oxygen atoms in total. The Bertz CT molecular complexity index is 987. The van der Waals surface area contributed by atoms with Crippen LogP contribution in [0.5, 0.6) is 0 Å². The van der Waals surface area contributed by atoms with Crippen LogP contribution < -0.4 is 10.2 Å². The third-order valence-corrected chi connectivity index (χ3v) is 5.38. The highest BCUT2D eigenvalue weighted by molar-refractivity contribution is 7.89. The Morgan fingerprint density at radius 2 is 1.89 bits per heavy atom. The van der Waals surface area contributed by atoms with Gasteiger partial charge in [-0.15, -0.1) is 0 Å². The molecule has 1 N–H and O–H groups in total. The van der Waals surface area contributed by atoms with Gasteiger partial charge in [0.1, 0.15) is 0 Å². The number of rotatable bonds is 5. The molecule has 1 heterocycles. The molecule has 1 aliphatic rings. The Kier molecular flexibility index (Phi) is 5.53. The van der Waals surface area contributed by atoms with Crippen molar-refractivity contribution in [3.05, 3.63) is 58.6 Å². The molecule has 0 bridgehead atoms. The van der Waals surface area contributed by atoms with Crippen LogP contribution in [-0.4, -0.2) is 33.0 Å². The van der Waals surface area contributed by atoms with Crippen molar-refractivity contribution in [1.29, 1.82) is 0 Å². The van der Waals surface area contributed by atoms with E-state index in [0.29, 0.717) is 40.5 Å². The van der Waals surface area contributed by atoms with Crippen molar-refractivity contribution in [2.24, 2.45) is 0 Å². The summed E-state index contributed by atoms with van der Waals surface area (Å²) in [7, 11) is -3.12. The second-order valence-corrected chi connectivity index (χ2v) is 9.08. The van der Waals surface area contributed by atoms with E-state index in [1.807, 2.05) is 0 Å². The Morgan fingerprint density at radius 1 is 1.19 bits per heavy atom. The van der Waals surface area contributed by atoms with Crippen molar-refractivity contribution in [2.75, 3.05) is 23.0 Å². The number of hydrogen-bond acceptors (Lipinski definition) is 4. The standard InChI is InChI=1S/C19H19ClN2O4S/c1-27(25,26)12-13-4-6-14(7-5-13)19(24)21-15-8-9-17(16(20)11-15)22-10-2-3-18(22)23/h4-9,11H,2-3,10,12H2,1H3,(H,21,24). The maximum atomic E-state index is 12.4. The van der Waals surface area contributed by atoms with Gasteiger partial charge in [-0.25, -0.2) is 8.42 Å². The second-order valence-electron chi connectivity index (χ2n) is 6.54. The molecule has 0 spiro atoms. The van der Waals surface area contributed by atoms with Crippen molar-refractivity contribution >= 4 is 44.6 Å². The Morgan fingerprint density at radius 3 is 2.44 bits per heavy atom. The van der Waals surface area contributed by atoms with Crippen LogP contribution in [0.1, 0.15) is 28.8 Å². The quantitative estimate of drug-likeness (QED) is 0.825. The molecule has 27 heavy (non-hydrogen) atoms. The minimum absolute atomic E-state index is 0.0443. The molecule has 1 fully saturated rings. The van der Waals surface area contributed by atoms with Gasteiger partial charge in [0.05, 0.1) is 16.5 Å². The fourth-order valence-corrected chi connectivity index (χ4v) is 4.05. The van der Waals surface area contributed by atoms with Crippen LogP contribution in [0, 0.1) is 0 Å². The van der Waals surface area contributed by atoms with E-state index in [-0.39, 0.29) is 17.6 Å². The maximum absolute atomic E-state index is 12.4. The average molecular weight is 407 g/mol. The summed E-state index contributed by atoms with van der Waals surface area (Å²) < 4.78 is 22.6. The predicted octanol–water partition coefficient (Wildman–Crippen LogP) is 3.26. The van der Waals surface area contributed by atoms with Gasteiger partial charge in [-0.05, 0) is 42.3 Å². The lowest BCUT2D eigenvalue weighted by Gasteiger charge is -2.18. The molecule has 2 aromatic rings. The molecule has 1 saturated heterocycles. The van der Waals surface area contributed by atoms with Gasteiger partial charge in [0, 0.05) is 30.5 Å². The number of anilines is 2. The number of nitrogens with one attached hydrogen (secondary N) is 1. The molecule has 3 rings (SSSR count). The zero-order valence-corrected chi connectivity index (χ0v) is 16.3. The first-order chi connectivity index (χ1) is 12.7. The Hall–Kier alpha value is -2.38. The minimum atomic E-state index is -3.12. The zero-order chi connectivity index (χ0) is 19.6. The highest BCUT2D eigenvalue weighted by Crippen LogP contribution is 2.31. The van der Waals surface area contributed by atoms with E-state index in [0.717, 1.165) is 12.7 Å². The lowest BCUT2D eigenvalue weighted by atomic mass is 10.1. The first kappa shape index (κ1) is 19.4. The van der Waals surface area contributed by atoms with Crippen LogP contribution in [0.25, 0.3) is 0 Å². The molecular formula is C19H19ClN2O4S. The van der Waals surface area contributed by atoms with E-state index in [1.165, 1.54) is 0 Å². The summed E-state index contributed by atoms with van der Waals surface area (Å²) >= 11 is 6.28. The number of halogens is 1. The van der Waals surface area contributed by atoms with Gasteiger partial charge in [-0.3, -0.25) is 9.59 Å². The van der Waals surface area contributed by atoms with E-state index in [2.05, 4.69) is 5.32 Å². The SMILES string of the molecule is CS(=O)(=O)Cc1ccc(C(=O)Nc2ccc(N3CCCC3=O)c(Cl)c2)cc1. The minimum Gasteiger partial charge on any atom is -0.322 e.